The first-order valence-electron chi connectivity index (χ1n) is 4.46. The average Bonchev–Trinajstić information content (AvgIpc) is 2.01. The quantitative estimate of drug-likeness (QED) is 0.723. The zero-order valence-electron chi connectivity index (χ0n) is 9.22. The Morgan fingerprint density at radius 1 is 1.46 bits per heavy atom. The molecule has 2 unspecified atom stereocenters. The molecule has 3 nitrogen and oxygen atoms in total. The summed E-state index contributed by atoms with van der Waals surface area (Å²) >= 11 is 0. The maximum atomic E-state index is 11.7. The second kappa shape index (κ2) is 5.73. The second-order valence-electron chi connectivity index (χ2n) is 4.07. The maximum absolute atomic E-state index is 11.7. The maximum Gasteiger partial charge on any atom is 0.0624 e. The van der Waals surface area contributed by atoms with Crippen molar-refractivity contribution in [3.63, 3.8) is 0 Å². The molecule has 0 aromatic rings. The highest BCUT2D eigenvalue weighted by Crippen LogP contribution is 2.12. The van der Waals surface area contributed by atoms with Crippen molar-refractivity contribution in [1.82, 2.24) is 5.32 Å². The molecule has 1 N–H and O–H groups in total. The molecule has 0 amide bonds. The first-order valence-corrected chi connectivity index (χ1v) is 5.78. The molecule has 0 spiro atoms. The van der Waals surface area contributed by atoms with Gasteiger partial charge in [-0.1, -0.05) is 0 Å². The van der Waals surface area contributed by atoms with Gasteiger partial charge in [-0.05, 0) is 27.8 Å². The molecular weight excluding hydrogens is 186 g/mol. The van der Waals surface area contributed by atoms with Crippen molar-refractivity contribution in [1.29, 1.82) is 0 Å². The third-order valence-corrected chi connectivity index (χ3v) is 3.88. The summed E-state index contributed by atoms with van der Waals surface area (Å²) in [6, 6.07) is 0.185. The van der Waals surface area contributed by atoms with E-state index in [1.165, 1.54) is 0 Å². The van der Waals surface area contributed by atoms with Crippen LogP contribution in [0.3, 0.4) is 0 Å². The predicted octanol–water partition coefficient (Wildman–Crippen LogP) is 0.768. The molecule has 0 radical (unpaired) electrons. The van der Waals surface area contributed by atoms with E-state index in [-0.39, 0.29) is 10.8 Å². The molecule has 0 saturated carbocycles. The number of ether oxygens (including phenoxy) is 1. The summed E-state index contributed by atoms with van der Waals surface area (Å²) in [5, 5.41) is 3.09. The predicted molar refractivity (Wildman–Crippen MR) is 57.5 cm³/mol. The van der Waals surface area contributed by atoms with Crippen LogP contribution in [-0.2, 0) is 15.5 Å². The average molecular weight is 207 g/mol. The van der Waals surface area contributed by atoms with Crippen LogP contribution >= 0.6 is 0 Å². The topological polar surface area (TPSA) is 38.3 Å². The third-order valence-electron chi connectivity index (χ3n) is 1.81. The van der Waals surface area contributed by atoms with Gasteiger partial charge in [0.1, 0.15) is 0 Å². The molecule has 0 aromatic heterocycles. The van der Waals surface area contributed by atoms with E-state index in [0.29, 0.717) is 12.4 Å². The van der Waals surface area contributed by atoms with E-state index in [2.05, 4.69) is 5.32 Å². The zero-order chi connectivity index (χ0) is 10.5. The van der Waals surface area contributed by atoms with Crippen molar-refractivity contribution in [3.05, 3.63) is 0 Å². The summed E-state index contributed by atoms with van der Waals surface area (Å²) in [5.41, 5.74) is 0. The molecule has 0 bridgehead atoms. The van der Waals surface area contributed by atoms with Crippen LogP contribution < -0.4 is 5.32 Å². The highest BCUT2D eigenvalue weighted by atomic mass is 32.2. The number of nitrogens with one attached hydrogen (secondary N) is 1. The lowest BCUT2D eigenvalue weighted by atomic mass is 10.3. The fourth-order valence-electron chi connectivity index (χ4n) is 0.849. The Hall–Kier alpha value is 0.0700. The first-order chi connectivity index (χ1) is 5.91. The Bertz CT molecular complexity index is 165. The summed E-state index contributed by atoms with van der Waals surface area (Å²) in [5.74, 6) is 0.647. The number of likely N-dealkylation sites (N-methyl/N-ethyl adjacent to an activating group) is 1. The van der Waals surface area contributed by atoms with Crippen molar-refractivity contribution in [2.24, 2.45) is 0 Å². The smallest absolute Gasteiger partial charge is 0.0624 e. The van der Waals surface area contributed by atoms with E-state index in [4.69, 9.17) is 4.74 Å². The highest BCUT2D eigenvalue weighted by molar-refractivity contribution is 7.86. The SMILES string of the molecule is CNC(COC)CS(=O)C(C)(C)C. The first kappa shape index (κ1) is 13.1. The van der Waals surface area contributed by atoms with Gasteiger partial charge in [-0.25, -0.2) is 0 Å². The highest BCUT2D eigenvalue weighted by Gasteiger charge is 2.22. The summed E-state index contributed by atoms with van der Waals surface area (Å²) in [6.45, 7) is 6.58. The minimum atomic E-state index is -0.811. The van der Waals surface area contributed by atoms with Crippen molar-refractivity contribution in [3.8, 4) is 0 Å². The largest absolute Gasteiger partial charge is 0.383 e. The normalized spacial score (nSPS) is 17.0. The molecule has 4 heteroatoms. The lowest BCUT2D eigenvalue weighted by Gasteiger charge is -2.22. The Labute approximate surface area is 83.7 Å². The molecule has 0 rings (SSSR count). The van der Waals surface area contributed by atoms with E-state index in [1.807, 2.05) is 27.8 Å². The van der Waals surface area contributed by atoms with Crippen LogP contribution in [0.4, 0.5) is 0 Å². The van der Waals surface area contributed by atoms with Crippen LogP contribution in [0.25, 0.3) is 0 Å². The van der Waals surface area contributed by atoms with Crippen molar-refractivity contribution < 1.29 is 8.95 Å². The van der Waals surface area contributed by atoms with E-state index in [9.17, 15) is 4.21 Å². The summed E-state index contributed by atoms with van der Waals surface area (Å²) in [7, 11) is 2.71. The van der Waals surface area contributed by atoms with Gasteiger partial charge in [0.25, 0.3) is 0 Å². The fraction of sp³-hybridized carbons (Fsp3) is 1.00. The van der Waals surface area contributed by atoms with Gasteiger partial charge in [0.05, 0.1) is 6.61 Å². The lowest BCUT2D eigenvalue weighted by molar-refractivity contribution is 0.176. The van der Waals surface area contributed by atoms with Gasteiger partial charge in [-0.15, -0.1) is 0 Å². The molecular formula is C9H21NO2S. The minimum absolute atomic E-state index is 0.136. The summed E-state index contributed by atoms with van der Waals surface area (Å²) in [4.78, 5) is 0. The van der Waals surface area contributed by atoms with Gasteiger partial charge in [0.2, 0.25) is 0 Å². The molecule has 0 aromatic carbocycles. The molecule has 0 aliphatic heterocycles. The van der Waals surface area contributed by atoms with Crippen LogP contribution in [0.1, 0.15) is 20.8 Å². The van der Waals surface area contributed by atoms with E-state index in [0.717, 1.165) is 0 Å². The van der Waals surface area contributed by atoms with Crippen LogP contribution in [0, 0.1) is 0 Å². The lowest BCUT2D eigenvalue weighted by Crippen LogP contribution is -2.39. The number of methoxy groups -OCH3 is 1. The Morgan fingerprint density at radius 2 is 2.00 bits per heavy atom. The summed E-state index contributed by atoms with van der Waals surface area (Å²) in [6.07, 6.45) is 0. The van der Waals surface area contributed by atoms with E-state index >= 15 is 0 Å². The van der Waals surface area contributed by atoms with Crippen LogP contribution in [0.5, 0.6) is 0 Å². The molecule has 0 aliphatic carbocycles. The van der Waals surface area contributed by atoms with Gasteiger partial charge in [-0.3, -0.25) is 4.21 Å². The minimum Gasteiger partial charge on any atom is -0.383 e. The van der Waals surface area contributed by atoms with Gasteiger partial charge in [0, 0.05) is 34.5 Å². The second-order valence-corrected chi connectivity index (χ2v) is 6.31. The van der Waals surface area contributed by atoms with Crippen LogP contribution in [-0.4, -0.2) is 41.5 Å². The van der Waals surface area contributed by atoms with Gasteiger partial charge in [-0.2, -0.15) is 0 Å². The van der Waals surface area contributed by atoms with Crippen LogP contribution in [0.2, 0.25) is 0 Å². The van der Waals surface area contributed by atoms with E-state index < -0.39 is 10.8 Å². The monoisotopic (exact) mass is 207 g/mol. The van der Waals surface area contributed by atoms with E-state index in [1.54, 1.807) is 7.11 Å². The Morgan fingerprint density at radius 3 is 2.31 bits per heavy atom. The Balaban J connectivity index is 4.01. The molecule has 0 heterocycles. The molecule has 0 aliphatic rings. The van der Waals surface area contributed by atoms with Crippen molar-refractivity contribution in [2.45, 2.75) is 31.6 Å². The zero-order valence-corrected chi connectivity index (χ0v) is 10.0. The molecule has 0 saturated heterocycles. The standard InChI is InChI=1S/C9H21NO2S/c1-9(2,3)13(11)7-8(10-4)6-12-5/h8,10H,6-7H2,1-5H3. The third kappa shape index (κ3) is 5.39. The molecule has 0 fully saturated rings. The van der Waals surface area contributed by atoms with Gasteiger partial charge < -0.3 is 10.1 Å². The molecule has 2 atom stereocenters. The Kier molecular flexibility index (Phi) is 5.76. The number of rotatable bonds is 5. The fourth-order valence-corrected chi connectivity index (χ4v) is 1.98. The molecule has 80 valence electrons. The summed E-state index contributed by atoms with van der Waals surface area (Å²) < 4.78 is 16.6. The van der Waals surface area contributed by atoms with Gasteiger partial charge in [0.15, 0.2) is 0 Å². The van der Waals surface area contributed by atoms with Gasteiger partial charge >= 0.3 is 0 Å². The van der Waals surface area contributed by atoms with Crippen molar-refractivity contribution >= 4 is 10.8 Å². The number of hydrogen-bond donors (Lipinski definition) is 1. The van der Waals surface area contributed by atoms with Crippen molar-refractivity contribution in [2.75, 3.05) is 26.5 Å². The number of hydrogen-bond acceptors (Lipinski definition) is 3. The van der Waals surface area contributed by atoms with Crippen LogP contribution in [0.15, 0.2) is 0 Å². The molecule has 13 heavy (non-hydrogen) atoms.